The molecule has 54 heavy (non-hydrogen) atoms. The largest absolute Gasteiger partial charge is 0.498 e. The van der Waals surface area contributed by atoms with Gasteiger partial charge in [-0.05, 0) is 33.0 Å². The van der Waals surface area contributed by atoms with Gasteiger partial charge in [-0.1, -0.05) is 155 Å². The molecule has 8 nitrogen and oxygen atoms in total. The van der Waals surface area contributed by atoms with Gasteiger partial charge >= 0.3 is 0 Å². The Kier molecular flexibility index (Phi) is 12.1. The van der Waals surface area contributed by atoms with E-state index >= 15 is 0 Å². The molecule has 2 N–H and O–H groups in total. The Balaban J connectivity index is 1.58. The minimum atomic E-state index is -3.25. The van der Waals surface area contributed by atoms with Crippen molar-refractivity contribution in [1.29, 1.82) is 0 Å². The second-order valence-electron chi connectivity index (χ2n) is 15.2. The topological polar surface area (TPSA) is 95.8 Å². The average Bonchev–Trinajstić information content (AvgIpc) is 3.43. The molecule has 6 rings (SSSR count). The van der Waals surface area contributed by atoms with E-state index in [0.29, 0.717) is 12.8 Å². The third kappa shape index (κ3) is 7.04. The lowest BCUT2D eigenvalue weighted by Gasteiger charge is -2.55. The van der Waals surface area contributed by atoms with Crippen LogP contribution in [0.2, 0.25) is 5.04 Å². The molecule has 0 saturated carbocycles. The summed E-state index contributed by atoms with van der Waals surface area (Å²) in [6.07, 6.45) is -0.593. The summed E-state index contributed by atoms with van der Waals surface area (Å²) < 4.78 is 41.4. The predicted octanol–water partition coefficient (Wildman–Crippen LogP) is 6.45. The number of rotatable bonds is 17. The lowest BCUT2D eigenvalue weighted by molar-refractivity contribution is -0.398. The van der Waals surface area contributed by atoms with E-state index in [9.17, 15) is 10.2 Å². The summed E-state index contributed by atoms with van der Waals surface area (Å²) in [5.74, 6) is -1.55. The minimum Gasteiger partial charge on any atom is -0.498 e. The zero-order chi connectivity index (χ0) is 38.5. The summed E-state index contributed by atoms with van der Waals surface area (Å²) in [4.78, 5) is 0. The Hall–Kier alpha value is -3.90. The first-order valence-electron chi connectivity index (χ1n) is 18.6. The molecule has 286 valence electrons. The second kappa shape index (κ2) is 16.4. The zero-order valence-corrected chi connectivity index (χ0v) is 32.9. The normalized spacial score (nSPS) is 26.7. The Morgan fingerprint density at radius 3 is 1.72 bits per heavy atom. The SMILES string of the molecule is C=CCC[C@]12O[C@H](CO)[C@@](O)(C(=C)OC)[C@](CO[Si](c3ccccc3)(c3ccccc3)C(C)(C)C)(O1)[C@H](OCc1ccccc1)[C@H]2OCc1ccccc1. The van der Waals surface area contributed by atoms with Crippen LogP contribution in [0, 0.1) is 0 Å². The molecule has 2 bridgehead atoms. The molecule has 0 unspecified atom stereocenters. The molecule has 0 aromatic heterocycles. The van der Waals surface area contributed by atoms with E-state index in [1.807, 2.05) is 97.1 Å². The van der Waals surface area contributed by atoms with Gasteiger partial charge in [0.1, 0.15) is 24.1 Å². The van der Waals surface area contributed by atoms with Crippen molar-refractivity contribution in [3.8, 4) is 0 Å². The summed E-state index contributed by atoms with van der Waals surface area (Å²) in [7, 11) is -1.82. The average molecular weight is 751 g/mol. The highest BCUT2D eigenvalue weighted by Gasteiger charge is 2.79. The van der Waals surface area contributed by atoms with E-state index in [1.165, 1.54) is 7.11 Å². The minimum absolute atomic E-state index is 0.0538. The van der Waals surface area contributed by atoms with Crippen LogP contribution in [0.1, 0.15) is 44.7 Å². The standard InChI is InChI=1S/C45H54O8Si/c1-7-8-29-44-41(50-32-36-23-15-10-16-24-36)40(49-31-35-21-13-9-14-22-35)43(53-44,45(47,34(2)48-6)39(30-46)52-44)33-51-54(42(3,4)5,37-25-17-11-18-26-37)38-27-19-12-20-28-38/h7,9-28,39-41,46-47H,1-2,8,29-33H2,3-6H3/t39-,40-,41-,43-,44+,45+/m1/s1. The van der Waals surface area contributed by atoms with Crippen LogP contribution in [0.4, 0.5) is 0 Å². The summed E-state index contributed by atoms with van der Waals surface area (Å²) in [5, 5.41) is 26.1. The van der Waals surface area contributed by atoms with E-state index in [1.54, 1.807) is 6.08 Å². The third-order valence-corrected chi connectivity index (χ3v) is 16.0. The predicted molar refractivity (Wildman–Crippen MR) is 213 cm³/mol. The van der Waals surface area contributed by atoms with E-state index < -0.39 is 55.3 Å². The highest BCUT2D eigenvalue weighted by atomic mass is 28.4. The fourth-order valence-electron chi connectivity index (χ4n) is 8.34. The van der Waals surface area contributed by atoms with Crippen LogP contribution in [0.5, 0.6) is 0 Å². The molecule has 0 radical (unpaired) electrons. The lowest BCUT2D eigenvalue weighted by atomic mass is 9.74. The molecule has 4 aromatic rings. The number of allylic oxidation sites excluding steroid dienone is 1. The smallest absolute Gasteiger partial charge is 0.261 e. The molecule has 2 aliphatic heterocycles. The first kappa shape index (κ1) is 39.8. The van der Waals surface area contributed by atoms with Crippen molar-refractivity contribution in [3.63, 3.8) is 0 Å². The Labute approximate surface area is 321 Å². The van der Waals surface area contributed by atoms with Crippen molar-refractivity contribution >= 4 is 18.7 Å². The highest BCUT2D eigenvalue weighted by molar-refractivity contribution is 6.99. The molecule has 0 aliphatic carbocycles. The van der Waals surface area contributed by atoms with Gasteiger partial charge < -0.3 is 38.3 Å². The molecule has 4 aromatic carbocycles. The van der Waals surface area contributed by atoms with Crippen molar-refractivity contribution in [2.24, 2.45) is 0 Å². The number of methoxy groups -OCH3 is 1. The maximum atomic E-state index is 13.3. The molecule has 2 fully saturated rings. The van der Waals surface area contributed by atoms with Gasteiger partial charge in [-0.25, -0.2) is 0 Å². The first-order valence-corrected chi connectivity index (χ1v) is 20.5. The molecule has 2 heterocycles. The highest BCUT2D eigenvalue weighted by Crippen LogP contribution is 2.58. The van der Waals surface area contributed by atoms with E-state index in [2.05, 4.69) is 58.2 Å². The molecular formula is C45H54O8Si. The molecule has 2 aliphatic rings. The number of hydrogen-bond acceptors (Lipinski definition) is 8. The second-order valence-corrected chi connectivity index (χ2v) is 19.5. The van der Waals surface area contributed by atoms with Crippen LogP contribution in [-0.4, -0.2) is 74.2 Å². The summed E-state index contributed by atoms with van der Waals surface area (Å²) in [6.45, 7) is 14.4. The number of aliphatic hydroxyl groups is 2. The van der Waals surface area contributed by atoms with E-state index in [-0.39, 0.29) is 25.6 Å². The molecular weight excluding hydrogens is 697 g/mol. The van der Waals surface area contributed by atoms with E-state index in [0.717, 1.165) is 21.5 Å². The Bertz CT molecular complexity index is 1780. The van der Waals surface area contributed by atoms with Gasteiger partial charge in [0.2, 0.25) is 0 Å². The van der Waals surface area contributed by atoms with Crippen molar-refractivity contribution in [1.82, 2.24) is 0 Å². The number of fused-ring (bicyclic) bond motifs is 2. The van der Waals surface area contributed by atoms with E-state index in [4.69, 9.17) is 28.1 Å². The fourth-order valence-corrected chi connectivity index (χ4v) is 12.9. The number of aliphatic hydroxyl groups excluding tert-OH is 1. The number of benzene rings is 4. The summed E-state index contributed by atoms with van der Waals surface area (Å²) in [6, 6.07) is 40.2. The molecule has 2 saturated heterocycles. The zero-order valence-electron chi connectivity index (χ0n) is 31.9. The maximum absolute atomic E-state index is 13.3. The van der Waals surface area contributed by atoms with Gasteiger partial charge in [0.25, 0.3) is 8.32 Å². The third-order valence-electron chi connectivity index (χ3n) is 11.0. The number of hydrogen-bond donors (Lipinski definition) is 2. The fraction of sp³-hybridized carbons (Fsp3) is 0.378. The van der Waals surface area contributed by atoms with Gasteiger partial charge in [-0.2, -0.15) is 0 Å². The van der Waals surface area contributed by atoms with Crippen molar-refractivity contribution in [3.05, 3.63) is 157 Å². The van der Waals surface area contributed by atoms with Crippen LogP contribution < -0.4 is 10.4 Å². The van der Waals surface area contributed by atoms with Crippen molar-refractivity contribution in [2.75, 3.05) is 20.3 Å². The van der Waals surface area contributed by atoms with Gasteiger partial charge in [0, 0.05) is 6.42 Å². The van der Waals surface area contributed by atoms with Crippen LogP contribution in [0.15, 0.2) is 146 Å². The van der Waals surface area contributed by atoms with Crippen LogP contribution >= 0.6 is 0 Å². The first-order chi connectivity index (χ1) is 26.0. The Morgan fingerprint density at radius 2 is 1.28 bits per heavy atom. The molecule has 0 spiro atoms. The molecule has 9 heteroatoms. The summed E-state index contributed by atoms with van der Waals surface area (Å²) in [5.41, 5.74) is -2.09. The molecule has 6 atom stereocenters. The maximum Gasteiger partial charge on any atom is 0.261 e. The molecule has 0 amide bonds. The van der Waals surface area contributed by atoms with Crippen LogP contribution in [0.3, 0.4) is 0 Å². The van der Waals surface area contributed by atoms with Crippen molar-refractivity contribution in [2.45, 2.75) is 87.2 Å². The number of ether oxygens (including phenoxy) is 5. The van der Waals surface area contributed by atoms with Crippen molar-refractivity contribution < 1.29 is 38.3 Å². The van der Waals surface area contributed by atoms with Gasteiger partial charge in [-0.3, -0.25) is 0 Å². The van der Waals surface area contributed by atoms with Gasteiger partial charge in [-0.15, -0.1) is 6.58 Å². The summed E-state index contributed by atoms with van der Waals surface area (Å²) >= 11 is 0. The van der Waals surface area contributed by atoms with Gasteiger partial charge in [0.05, 0.1) is 33.5 Å². The lowest BCUT2D eigenvalue weighted by Crippen LogP contribution is -2.76. The van der Waals surface area contributed by atoms with Crippen LogP contribution in [-0.2, 0) is 41.3 Å². The van der Waals surface area contributed by atoms with Crippen LogP contribution in [0.25, 0.3) is 0 Å². The van der Waals surface area contributed by atoms with Gasteiger partial charge in [0.15, 0.2) is 17.0 Å². The quantitative estimate of drug-likeness (QED) is 0.0723. The monoisotopic (exact) mass is 750 g/mol. The Morgan fingerprint density at radius 1 is 0.796 bits per heavy atom.